The van der Waals surface area contributed by atoms with E-state index in [9.17, 15) is 0 Å². The van der Waals surface area contributed by atoms with E-state index in [1.54, 1.807) is 0 Å². The number of aromatic nitrogens is 4. The fourth-order valence-corrected chi connectivity index (χ4v) is 11.5. The second kappa shape index (κ2) is 56.0. The zero-order valence-corrected chi connectivity index (χ0v) is 55.0. The van der Waals surface area contributed by atoms with E-state index in [0.29, 0.717) is 0 Å². The first-order valence-electron chi connectivity index (χ1n) is 36.2. The highest BCUT2D eigenvalue weighted by Crippen LogP contribution is 2.23. The Balaban J connectivity index is 0.000000435. The lowest BCUT2D eigenvalue weighted by Gasteiger charge is -2.07. The van der Waals surface area contributed by atoms with Gasteiger partial charge in [0.15, 0.2) is 23.1 Å². The third-order valence-electron chi connectivity index (χ3n) is 17.1. The van der Waals surface area contributed by atoms with E-state index in [1.807, 2.05) is 24.8 Å². The fourth-order valence-electron chi connectivity index (χ4n) is 11.5. The first-order valence-corrected chi connectivity index (χ1v) is 36.2. The number of benzene rings is 2. The molecule has 0 bridgehead atoms. The number of nitrogens with zero attached hydrogens (tertiary/aromatic N) is 4. The standard InChI is InChI=1S/C39H66N2O.C38H64N2O/c1-3-5-7-9-11-13-15-17-19-21-23-25-27-33-42-38-34-40-39(41-35-38)37-31-29-36(30-32-37)28-26-24-22-20-18-16-14-12-10-8-6-4-2;1-3-5-7-9-11-13-15-16-18-20-22-24-26-32-41-37-33-39-38(40-34-37)36-30-28-35(29-31-36)27-25-23-21-19-17-14-12-10-8-6-4-2/h29-32,34-35H,3-28,33H2,1-2H3;28-31,33-34H,3-27,32H2,1-2H3. The largest absolute Gasteiger partial charge is 0.490 e. The Hall–Kier alpha value is -3.80. The molecule has 0 aliphatic rings. The van der Waals surface area contributed by atoms with Crippen LogP contribution in [0.4, 0.5) is 0 Å². The molecule has 0 radical (unpaired) electrons. The second-order valence-electron chi connectivity index (χ2n) is 25.0. The van der Waals surface area contributed by atoms with Crippen molar-refractivity contribution in [1.29, 1.82) is 0 Å². The van der Waals surface area contributed by atoms with Crippen molar-refractivity contribution in [1.82, 2.24) is 19.9 Å². The molecule has 0 aliphatic carbocycles. The van der Waals surface area contributed by atoms with Gasteiger partial charge in [-0.05, 0) is 49.7 Å². The van der Waals surface area contributed by atoms with Crippen molar-refractivity contribution in [3.05, 3.63) is 84.4 Å². The van der Waals surface area contributed by atoms with Gasteiger partial charge < -0.3 is 9.47 Å². The van der Waals surface area contributed by atoms with E-state index in [-0.39, 0.29) is 0 Å². The van der Waals surface area contributed by atoms with Gasteiger partial charge in [0, 0.05) is 11.1 Å². The highest BCUT2D eigenvalue weighted by molar-refractivity contribution is 5.56. The molecule has 0 amide bonds. The van der Waals surface area contributed by atoms with Crippen LogP contribution in [0.2, 0.25) is 0 Å². The summed E-state index contributed by atoms with van der Waals surface area (Å²) in [7, 11) is 0. The SMILES string of the molecule is CCCCCCCCCCCCCCCOc1cnc(-c2ccc(CCCCCCCCCCCCC)cc2)nc1.CCCCCCCCCCCCCCCOc1cnc(-c2ccc(CCCCCCCCCCCCCC)cc2)nc1. The van der Waals surface area contributed by atoms with Crippen LogP contribution < -0.4 is 9.47 Å². The van der Waals surface area contributed by atoms with E-state index in [1.165, 1.54) is 326 Å². The monoisotopic (exact) mass is 1140 g/mol. The summed E-state index contributed by atoms with van der Waals surface area (Å²) in [5, 5.41) is 0. The molecule has 6 heteroatoms. The van der Waals surface area contributed by atoms with E-state index >= 15 is 0 Å². The van der Waals surface area contributed by atoms with Crippen molar-refractivity contribution in [2.24, 2.45) is 0 Å². The number of unbranched alkanes of at least 4 members (excludes halogenated alkanes) is 45. The Morgan fingerprint density at radius 3 is 0.639 bits per heavy atom. The molecule has 4 aromatic rings. The van der Waals surface area contributed by atoms with Crippen LogP contribution in [0.3, 0.4) is 0 Å². The topological polar surface area (TPSA) is 70.0 Å². The van der Waals surface area contributed by atoms with Gasteiger partial charge >= 0.3 is 0 Å². The molecule has 0 aliphatic heterocycles. The van der Waals surface area contributed by atoms with E-state index in [0.717, 1.165) is 60.3 Å². The number of hydrogen-bond acceptors (Lipinski definition) is 6. The normalized spacial score (nSPS) is 11.3. The molecular weight excluding hydrogens is 1010 g/mol. The summed E-state index contributed by atoms with van der Waals surface area (Å²) in [6.45, 7) is 10.7. The summed E-state index contributed by atoms with van der Waals surface area (Å²) in [4.78, 5) is 18.2. The van der Waals surface area contributed by atoms with Gasteiger partial charge in [-0.25, -0.2) is 19.9 Å². The molecule has 470 valence electrons. The van der Waals surface area contributed by atoms with Crippen molar-refractivity contribution in [3.8, 4) is 34.3 Å². The molecule has 2 heterocycles. The minimum atomic E-state index is 0.758. The molecular formula is C77H130N4O2. The average molecular weight is 1140 g/mol. The molecule has 0 spiro atoms. The molecule has 0 saturated heterocycles. The summed E-state index contributed by atoms with van der Waals surface area (Å²) < 4.78 is 11.8. The van der Waals surface area contributed by atoms with Crippen LogP contribution in [0.25, 0.3) is 22.8 Å². The van der Waals surface area contributed by atoms with Crippen molar-refractivity contribution in [2.75, 3.05) is 13.2 Å². The van der Waals surface area contributed by atoms with Crippen molar-refractivity contribution >= 4 is 0 Å². The van der Waals surface area contributed by atoms with Crippen LogP contribution in [0.5, 0.6) is 11.5 Å². The smallest absolute Gasteiger partial charge is 0.159 e. The lowest BCUT2D eigenvalue weighted by Crippen LogP contribution is -1.99. The van der Waals surface area contributed by atoms with Gasteiger partial charge in [-0.2, -0.15) is 0 Å². The van der Waals surface area contributed by atoms with Crippen molar-refractivity contribution in [2.45, 2.75) is 355 Å². The van der Waals surface area contributed by atoms with Crippen LogP contribution >= 0.6 is 0 Å². The van der Waals surface area contributed by atoms with Gasteiger partial charge in [0.25, 0.3) is 0 Å². The first-order chi connectivity index (χ1) is 41.2. The zero-order chi connectivity index (χ0) is 58.8. The van der Waals surface area contributed by atoms with Gasteiger partial charge in [-0.15, -0.1) is 0 Å². The maximum absolute atomic E-state index is 5.90. The molecule has 2 aromatic carbocycles. The molecule has 4 rings (SSSR count). The number of ether oxygens (including phenoxy) is 2. The highest BCUT2D eigenvalue weighted by atomic mass is 16.5. The molecule has 0 N–H and O–H groups in total. The van der Waals surface area contributed by atoms with E-state index < -0.39 is 0 Å². The van der Waals surface area contributed by atoms with Crippen LogP contribution in [-0.2, 0) is 12.8 Å². The maximum atomic E-state index is 5.90. The number of aryl methyl sites for hydroxylation is 2. The van der Waals surface area contributed by atoms with Gasteiger partial charge in [-0.3, -0.25) is 0 Å². The third-order valence-corrected chi connectivity index (χ3v) is 17.1. The Bertz CT molecular complexity index is 1930. The van der Waals surface area contributed by atoms with E-state index in [4.69, 9.17) is 9.47 Å². The van der Waals surface area contributed by atoms with Gasteiger partial charge in [0.2, 0.25) is 0 Å². The molecule has 83 heavy (non-hydrogen) atoms. The maximum Gasteiger partial charge on any atom is 0.159 e. The van der Waals surface area contributed by atoms with Crippen LogP contribution in [-0.4, -0.2) is 33.1 Å². The molecule has 0 atom stereocenters. The van der Waals surface area contributed by atoms with E-state index in [2.05, 4.69) is 96.2 Å². The Kier molecular flexibility index (Phi) is 49.6. The highest BCUT2D eigenvalue weighted by Gasteiger charge is 2.07. The van der Waals surface area contributed by atoms with Crippen molar-refractivity contribution in [3.63, 3.8) is 0 Å². The van der Waals surface area contributed by atoms with Gasteiger partial charge in [0.1, 0.15) is 0 Å². The summed E-state index contributed by atoms with van der Waals surface area (Å²) in [5.74, 6) is 3.11. The predicted octanol–water partition coefficient (Wildman–Crippen LogP) is 25.3. The van der Waals surface area contributed by atoms with Crippen LogP contribution in [0, 0.1) is 0 Å². The Morgan fingerprint density at radius 2 is 0.422 bits per heavy atom. The summed E-state index contributed by atoms with van der Waals surface area (Å²) in [6, 6.07) is 17.6. The molecule has 2 aromatic heterocycles. The lowest BCUT2D eigenvalue weighted by molar-refractivity contribution is 0.302. The Morgan fingerprint density at radius 1 is 0.229 bits per heavy atom. The summed E-state index contributed by atoms with van der Waals surface area (Å²) in [6.07, 6.45) is 77.4. The molecule has 6 nitrogen and oxygen atoms in total. The number of hydrogen-bond donors (Lipinski definition) is 0. The first kappa shape index (κ1) is 73.5. The third kappa shape index (κ3) is 42.6. The average Bonchev–Trinajstić information content (AvgIpc) is 3.66. The van der Waals surface area contributed by atoms with Gasteiger partial charge in [0.05, 0.1) is 38.0 Å². The molecule has 0 unspecified atom stereocenters. The second-order valence-corrected chi connectivity index (χ2v) is 25.0. The summed E-state index contributed by atoms with van der Waals surface area (Å²) >= 11 is 0. The van der Waals surface area contributed by atoms with Crippen LogP contribution in [0.15, 0.2) is 73.3 Å². The zero-order valence-electron chi connectivity index (χ0n) is 55.0. The molecule has 0 saturated carbocycles. The number of rotatable bonds is 57. The Labute approximate surface area is 514 Å². The van der Waals surface area contributed by atoms with Crippen molar-refractivity contribution < 1.29 is 9.47 Å². The fraction of sp³-hybridized carbons (Fsp3) is 0.740. The summed E-state index contributed by atoms with van der Waals surface area (Å²) in [5.41, 5.74) is 5.00. The van der Waals surface area contributed by atoms with Gasteiger partial charge in [-0.1, -0.05) is 365 Å². The predicted molar refractivity (Wildman–Crippen MR) is 362 cm³/mol. The minimum Gasteiger partial charge on any atom is -0.490 e. The lowest BCUT2D eigenvalue weighted by atomic mass is 10.0. The van der Waals surface area contributed by atoms with Crippen LogP contribution in [0.1, 0.15) is 353 Å². The quantitative estimate of drug-likeness (QED) is 0.0410. The minimum absolute atomic E-state index is 0.758. The molecule has 0 fully saturated rings.